The summed E-state index contributed by atoms with van der Waals surface area (Å²) >= 11 is 0. The van der Waals surface area contributed by atoms with E-state index in [0.29, 0.717) is 48.8 Å². The van der Waals surface area contributed by atoms with Crippen molar-refractivity contribution in [3.63, 3.8) is 0 Å². The summed E-state index contributed by atoms with van der Waals surface area (Å²) in [6.07, 6.45) is 2.18. The lowest BCUT2D eigenvalue weighted by Crippen LogP contribution is -2.31. The summed E-state index contributed by atoms with van der Waals surface area (Å²) in [5.74, 6) is 0.475. The number of carbonyl (C=O) groups is 1. The summed E-state index contributed by atoms with van der Waals surface area (Å²) < 4.78 is 12.1. The van der Waals surface area contributed by atoms with E-state index in [1.807, 2.05) is 6.07 Å². The predicted molar refractivity (Wildman–Crippen MR) is 110 cm³/mol. The summed E-state index contributed by atoms with van der Waals surface area (Å²) in [6.45, 7) is 1.87. The number of amides is 1. The molecule has 158 valence electrons. The molecule has 0 saturated carbocycles. The van der Waals surface area contributed by atoms with E-state index in [1.54, 1.807) is 22.9 Å². The number of methoxy groups -OCH3 is 1. The van der Waals surface area contributed by atoms with Crippen LogP contribution in [0.1, 0.15) is 21.9 Å². The van der Waals surface area contributed by atoms with Gasteiger partial charge in [-0.25, -0.2) is 0 Å². The van der Waals surface area contributed by atoms with Gasteiger partial charge in [0, 0.05) is 44.0 Å². The van der Waals surface area contributed by atoms with Crippen molar-refractivity contribution in [1.29, 1.82) is 0 Å². The second-order valence-corrected chi connectivity index (χ2v) is 6.43. The number of ether oxygens (including phenoxy) is 1. The van der Waals surface area contributed by atoms with Gasteiger partial charge in [-0.05, 0) is 12.1 Å². The molecule has 0 spiro atoms. The van der Waals surface area contributed by atoms with Crippen LogP contribution in [-0.2, 0) is 19.5 Å². The standard InChI is InChI=1S/C19H20N6O4.ClH/c1-28-14-10-16(26)25-9-8-20-7-5-13(25)17(14)19(27)22-11-15-23-18(24-29-15)12-4-2-3-6-21-12;/h2-4,6,10,20H,5,7-9,11H2,1H3,(H,22,27);1H. The van der Waals surface area contributed by atoms with E-state index >= 15 is 0 Å². The third-order valence-corrected chi connectivity index (χ3v) is 4.64. The van der Waals surface area contributed by atoms with E-state index in [0.717, 1.165) is 0 Å². The average Bonchev–Trinajstić information content (AvgIpc) is 3.09. The van der Waals surface area contributed by atoms with Gasteiger partial charge in [-0.2, -0.15) is 4.98 Å². The molecule has 30 heavy (non-hydrogen) atoms. The number of carbonyl (C=O) groups excluding carboxylic acids is 1. The van der Waals surface area contributed by atoms with Gasteiger partial charge in [0.1, 0.15) is 17.0 Å². The lowest BCUT2D eigenvalue weighted by Gasteiger charge is -2.16. The molecule has 1 amide bonds. The fourth-order valence-electron chi connectivity index (χ4n) is 3.27. The van der Waals surface area contributed by atoms with Gasteiger partial charge >= 0.3 is 0 Å². The Morgan fingerprint density at radius 1 is 1.37 bits per heavy atom. The molecule has 1 aliphatic rings. The first-order valence-corrected chi connectivity index (χ1v) is 9.21. The van der Waals surface area contributed by atoms with Crippen molar-refractivity contribution in [2.24, 2.45) is 0 Å². The van der Waals surface area contributed by atoms with Crippen LogP contribution < -0.4 is 20.9 Å². The smallest absolute Gasteiger partial charge is 0.257 e. The lowest BCUT2D eigenvalue weighted by molar-refractivity contribution is 0.0941. The molecular formula is C19H21ClN6O4. The maximum Gasteiger partial charge on any atom is 0.257 e. The Morgan fingerprint density at radius 2 is 2.23 bits per heavy atom. The molecule has 0 radical (unpaired) electrons. The fourth-order valence-corrected chi connectivity index (χ4v) is 3.27. The zero-order chi connectivity index (χ0) is 20.2. The highest BCUT2D eigenvalue weighted by Crippen LogP contribution is 2.22. The van der Waals surface area contributed by atoms with Crippen molar-refractivity contribution in [2.75, 3.05) is 20.2 Å². The summed E-state index contributed by atoms with van der Waals surface area (Å²) in [5.41, 5.74) is 1.39. The topological polar surface area (TPSA) is 124 Å². The third kappa shape index (κ3) is 4.34. The van der Waals surface area contributed by atoms with Crippen molar-refractivity contribution in [3.05, 3.63) is 58.0 Å². The number of nitrogens with zero attached hydrogens (tertiary/aromatic N) is 4. The molecule has 0 aromatic carbocycles. The van der Waals surface area contributed by atoms with Crippen molar-refractivity contribution in [1.82, 2.24) is 30.3 Å². The first-order valence-electron chi connectivity index (χ1n) is 9.21. The van der Waals surface area contributed by atoms with Gasteiger partial charge < -0.3 is 24.5 Å². The van der Waals surface area contributed by atoms with E-state index in [-0.39, 0.29) is 42.1 Å². The molecular weight excluding hydrogens is 412 g/mol. The van der Waals surface area contributed by atoms with Crippen molar-refractivity contribution < 1.29 is 14.1 Å². The quantitative estimate of drug-likeness (QED) is 0.606. The molecule has 0 atom stereocenters. The Bertz CT molecular complexity index is 1080. The Labute approximate surface area is 178 Å². The highest BCUT2D eigenvalue weighted by atomic mass is 35.5. The Hall–Kier alpha value is -3.24. The SMILES string of the molecule is COc1cc(=O)n2c(c1C(=O)NCc1nc(-c3ccccn3)no1)CCNCC2.Cl. The van der Waals surface area contributed by atoms with Crippen LogP contribution in [0.3, 0.4) is 0 Å². The summed E-state index contributed by atoms with van der Waals surface area (Å²) in [6, 6.07) is 6.73. The molecule has 0 unspecified atom stereocenters. The van der Waals surface area contributed by atoms with E-state index in [1.165, 1.54) is 13.2 Å². The first-order chi connectivity index (χ1) is 14.2. The molecule has 1 aliphatic heterocycles. The number of hydrogen-bond acceptors (Lipinski definition) is 8. The first kappa shape index (κ1) is 21.5. The highest BCUT2D eigenvalue weighted by Gasteiger charge is 2.23. The van der Waals surface area contributed by atoms with Crippen LogP contribution in [-0.4, -0.2) is 45.8 Å². The molecule has 10 nitrogen and oxygen atoms in total. The summed E-state index contributed by atoms with van der Waals surface area (Å²) in [5, 5.41) is 9.89. The second-order valence-electron chi connectivity index (χ2n) is 6.43. The van der Waals surface area contributed by atoms with E-state index in [2.05, 4.69) is 25.8 Å². The molecule has 0 bridgehead atoms. The third-order valence-electron chi connectivity index (χ3n) is 4.64. The van der Waals surface area contributed by atoms with Crippen LogP contribution in [0.15, 0.2) is 39.8 Å². The number of nitrogens with one attached hydrogen (secondary N) is 2. The van der Waals surface area contributed by atoms with Crippen LogP contribution >= 0.6 is 12.4 Å². The van der Waals surface area contributed by atoms with Gasteiger partial charge in [-0.15, -0.1) is 12.4 Å². The van der Waals surface area contributed by atoms with Crippen LogP contribution in [0.25, 0.3) is 11.5 Å². The number of hydrogen-bond donors (Lipinski definition) is 2. The minimum Gasteiger partial charge on any atom is -0.496 e. The number of fused-ring (bicyclic) bond motifs is 1. The van der Waals surface area contributed by atoms with Gasteiger partial charge in [-0.1, -0.05) is 11.2 Å². The van der Waals surface area contributed by atoms with Gasteiger partial charge in [0.25, 0.3) is 11.5 Å². The maximum absolute atomic E-state index is 12.9. The molecule has 0 fully saturated rings. The molecule has 4 heterocycles. The zero-order valence-corrected chi connectivity index (χ0v) is 17.1. The molecule has 11 heteroatoms. The van der Waals surface area contributed by atoms with Gasteiger partial charge in [0.2, 0.25) is 11.7 Å². The van der Waals surface area contributed by atoms with E-state index in [9.17, 15) is 9.59 Å². The normalized spacial score (nSPS) is 13.0. The molecule has 3 aromatic heterocycles. The Kier molecular flexibility index (Phi) is 6.80. The van der Waals surface area contributed by atoms with E-state index in [4.69, 9.17) is 9.26 Å². The molecule has 0 aliphatic carbocycles. The monoisotopic (exact) mass is 432 g/mol. The maximum atomic E-state index is 12.9. The molecule has 4 rings (SSSR count). The summed E-state index contributed by atoms with van der Waals surface area (Å²) in [7, 11) is 1.44. The molecule has 3 aromatic rings. The van der Waals surface area contributed by atoms with Crippen LogP contribution in [0, 0.1) is 0 Å². The minimum atomic E-state index is -0.370. The van der Waals surface area contributed by atoms with Crippen LogP contribution in [0.4, 0.5) is 0 Å². The predicted octanol–water partition coefficient (Wildman–Crippen LogP) is 0.799. The molecule has 0 saturated heterocycles. The van der Waals surface area contributed by atoms with Crippen LogP contribution in [0.5, 0.6) is 5.75 Å². The van der Waals surface area contributed by atoms with Gasteiger partial charge in [0.05, 0.1) is 13.7 Å². The number of aromatic nitrogens is 4. The molecule has 2 N–H and O–H groups in total. The van der Waals surface area contributed by atoms with Crippen molar-refractivity contribution in [3.8, 4) is 17.3 Å². The number of halogens is 1. The van der Waals surface area contributed by atoms with Crippen LogP contribution in [0.2, 0.25) is 0 Å². The Balaban J connectivity index is 0.00000256. The highest BCUT2D eigenvalue weighted by molar-refractivity contribution is 5.98. The van der Waals surface area contributed by atoms with Crippen molar-refractivity contribution in [2.45, 2.75) is 19.5 Å². The fraction of sp³-hybridized carbons (Fsp3) is 0.316. The average molecular weight is 433 g/mol. The number of pyridine rings is 2. The van der Waals surface area contributed by atoms with Gasteiger partial charge in [0.15, 0.2) is 0 Å². The second kappa shape index (κ2) is 9.51. The van der Waals surface area contributed by atoms with E-state index < -0.39 is 0 Å². The lowest BCUT2D eigenvalue weighted by atomic mass is 10.1. The van der Waals surface area contributed by atoms with Crippen molar-refractivity contribution >= 4 is 18.3 Å². The summed E-state index contributed by atoms with van der Waals surface area (Å²) in [4.78, 5) is 33.7. The Morgan fingerprint density at radius 3 is 3.00 bits per heavy atom. The number of rotatable bonds is 5. The largest absolute Gasteiger partial charge is 0.496 e. The van der Waals surface area contributed by atoms with Gasteiger partial charge in [-0.3, -0.25) is 14.6 Å². The zero-order valence-electron chi connectivity index (χ0n) is 16.3. The minimum absolute atomic E-state index is 0.